The quantitative estimate of drug-likeness (QED) is 0.458. The molecule has 3 aromatic rings. The SMILES string of the molecule is C=CCN(Cc1nc(-c2ccc(OC(F)F)c(OC)c2)no1)Cc1cccs1. The highest BCUT2D eigenvalue weighted by Gasteiger charge is 2.16. The maximum absolute atomic E-state index is 12.5. The molecular weight excluding hydrogens is 388 g/mol. The summed E-state index contributed by atoms with van der Waals surface area (Å²) in [5.41, 5.74) is 0.571. The average molecular weight is 407 g/mol. The Morgan fingerprint density at radius 1 is 1.29 bits per heavy atom. The highest BCUT2D eigenvalue weighted by Crippen LogP contribution is 2.32. The van der Waals surface area contributed by atoms with Gasteiger partial charge in [0.1, 0.15) is 0 Å². The van der Waals surface area contributed by atoms with Crippen molar-refractivity contribution in [3.05, 3.63) is 59.1 Å². The fourth-order valence-electron chi connectivity index (χ4n) is 2.62. The molecule has 0 atom stereocenters. The monoisotopic (exact) mass is 407 g/mol. The molecule has 0 fully saturated rings. The van der Waals surface area contributed by atoms with E-state index in [0.717, 1.165) is 6.54 Å². The van der Waals surface area contributed by atoms with Crippen LogP contribution < -0.4 is 9.47 Å². The fourth-order valence-corrected chi connectivity index (χ4v) is 3.36. The second-order valence-corrected chi connectivity index (χ2v) is 6.83. The number of ether oxygens (including phenoxy) is 2. The lowest BCUT2D eigenvalue weighted by Gasteiger charge is -2.17. The number of thiophene rings is 1. The Morgan fingerprint density at radius 2 is 2.14 bits per heavy atom. The van der Waals surface area contributed by atoms with E-state index in [9.17, 15) is 8.78 Å². The molecule has 0 saturated carbocycles. The number of hydrogen-bond acceptors (Lipinski definition) is 7. The van der Waals surface area contributed by atoms with Crippen LogP contribution in [0.1, 0.15) is 10.8 Å². The van der Waals surface area contributed by atoms with Gasteiger partial charge in [-0.25, -0.2) is 0 Å². The van der Waals surface area contributed by atoms with Gasteiger partial charge in [-0.1, -0.05) is 17.3 Å². The second-order valence-electron chi connectivity index (χ2n) is 5.79. The van der Waals surface area contributed by atoms with Crippen LogP contribution >= 0.6 is 11.3 Å². The summed E-state index contributed by atoms with van der Waals surface area (Å²) in [6, 6.07) is 8.56. The first-order valence-electron chi connectivity index (χ1n) is 8.40. The van der Waals surface area contributed by atoms with Crippen LogP contribution in [0.3, 0.4) is 0 Å². The average Bonchev–Trinajstić information content (AvgIpc) is 3.34. The van der Waals surface area contributed by atoms with E-state index in [4.69, 9.17) is 9.26 Å². The van der Waals surface area contributed by atoms with E-state index in [1.54, 1.807) is 17.4 Å². The molecule has 28 heavy (non-hydrogen) atoms. The maximum atomic E-state index is 12.5. The number of hydrogen-bond donors (Lipinski definition) is 0. The maximum Gasteiger partial charge on any atom is 0.387 e. The van der Waals surface area contributed by atoms with Gasteiger partial charge in [-0.3, -0.25) is 4.90 Å². The third-order valence-corrected chi connectivity index (χ3v) is 4.67. The molecule has 0 unspecified atom stereocenters. The highest BCUT2D eigenvalue weighted by molar-refractivity contribution is 7.09. The molecule has 0 bridgehead atoms. The van der Waals surface area contributed by atoms with Crippen LogP contribution in [0, 0.1) is 0 Å². The van der Waals surface area contributed by atoms with Crippen LogP contribution in [0.25, 0.3) is 11.4 Å². The minimum Gasteiger partial charge on any atom is -0.493 e. The van der Waals surface area contributed by atoms with E-state index >= 15 is 0 Å². The van der Waals surface area contributed by atoms with E-state index in [1.165, 1.54) is 24.1 Å². The number of halogens is 2. The zero-order valence-electron chi connectivity index (χ0n) is 15.2. The molecule has 0 radical (unpaired) electrons. The van der Waals surface area contributed by atoms with Crippen LogP contribution in [0.5, 0.6) is 11.5 Å². The summed E-state index contributed by atoms with van der Waals surface area (Å²) in [5, 5.41) is 6.01. The molecule has 0 aliphatic carbocycles. The van der Waals surface area contributed by atoms with Gasteiger partial charge >= 0.3 is 6.61 Å². The fraction of sp³-hybridized carbons (Fsp3) is 0.263. The lowest BCUT2D eigenvalue weighted by atomic mass is 10.2. The number of alkyl halides is 2. The van der Waals surface area contributed by atoms with Crippen molar-refractivity contribution >= 4 is 11.3 Å². The molecule has 0 amide bonds. The number of nitrogens with zero attached hydrogens (tertiary/aromatic N) is 3. The van der Waals surface area contributed by atoms with E-state index in [1.807, 2.05) is 17.5 Å². The zero-order chi connectivity index (χ0) is 19.9. The summed E-state index contributed by atoms with van der Waals surface area (Å²) in [6.45, 7) is 2.73. The normalized spacial score (nSPS) is 11.2. The van der Waals surface area contributed by atoms with Crippen LogP contribution in [0.2, 0.25) is 0 Å². The Hall–Kier alpha value is -2.78. The minimum atomic E-state index is -2.93. The van der Waals surface area contributed by atoms with Crippen molar-refractivity contribution in [2.75, 3.05) is 13.7 Å². The molecule has 0 spiro atoms. The summed E-state index contributed by atoms with van der Waals surface area (Å²) in [4.78, 5) is 7.75. The van der Waals surface area contributed by atoms with Crippen molar-refractivity contribution in [1.29, 1.82) is 0 Å². The largest absolute Gasteiger partial charge is 0.493 e. The van der Waals surface area contributed by atoms with E-state index < -0.39 is 6.61 Å². The Labute approximate surface area is 165 Å². The predicted molar refractivity (Wildman–Crippen MR) is 102 cm³/mol. The summed E-state index contributed by atoms with van der Waals surface area (Å²) >= 11 is 1.68. The lowest BCUT2D eigenvalue weighted by Crippen LogP contribution is -2.22. The summed E-state index contributed by atoms with van der Waals surface area (Å²) < 4.78 is 39.8. The molecule has 0 aliphatic rings. The smallest absolute Gasteiger partial charge is 0.387 e. The minimum absolute atomic E-state index is 0.0573. The van der Waals surface area contributed by atoms with Crippen molar-refractivity contribution in [1.82, 2.24) is 15.0 Å². The summed E-state index contributed by atoms with van der Waals surface area (Å²) in [6.07, 6.45) is 1.82. The van der Waals surface area contributed by atoms with Gasteiger partial charge in [-0.15, -0.1) is 17.9 Å². The van der Waals surface area contributed by atoms with Crippen LogP contribution in [0.4, 0.5) is 8.78 Å². The van der Waals surface area contributed by atoms with Crippen LogP contribution in [-0.4, -0.2) is 35.3 Å². The van der Waals surface area contributed by atoms with Crippen LogP contribution in [0.15, 0.2) is 52.9 Å². The molecule has 0 saturated heterocycles. The first kappa shape index (κ1) is 20.0. The van der Waals surface area contributed by atoms with E-state index in [2.05, 4.69) is 32.4 Å². The third kappa shape index (κ3) is 5.14. The molecule has 3 rings (SSSR count). The Kier molecular flexibility index (Phi) is 6.72. The van der Waals surface area contributed by atoms with Gasteiger partial charge in [0.2, 0.25) is 11.7 Å². The molecule has 0 N–H and O–H groups in total. The van der Waals surface area contributed by atoms with Gasteiger partial charge in [-0.2, -0.15) is 13.8 Å². The van der Waals surface area contributed by atoms with E-state index in [-0.39, 0.29) is 11.5 Å². The Morgan fingerprint density at radius 3 is 2.82 bits per heavy atom. The molecule has 9 heteroatoms. The zero-order valence-corrected chi connectivity index (χ0v) is 16.0. The molecule has 2 heterocycles. The molecular formula is C19H19F2N3O3S. The van der Waals surface area contributed by atoms with Crippen molar-refractivity contribution in [3.8, 4) is 22.9 Å². The van der Waals surface area contributed by atoms with E-state index in [0.29, 0.717) is 30.4 Å². The second kappa shape index (κ2) is 9.43. The third-order valence-electron chi connectivity index (χ3n) is 3.81. The van der Waals surface area contributed by atoms with Gasteiger partial charge in [0, 0.05) is 23.5 Å². The first-order valence-corrected chi connectivity index (χ1v) is 9.28. The summed E-state index contributed by atoms with van der Waals surface area (Å²) in [7, 11) is 1.37. The number of benzene rings is 1. The lowest BCUT2D eigenvalue weighted by molar-refractivity contribution is -0.0512. The Balaban J connectivity index is 1.74. The number of rotatable bonds is 10. The highest BCUT2D eigenvalue weighted by atomic mass is 32.1. The standard InChI is InChI=1S/C19H19F2N3O3S/c1-3-8-24(11-14-5-4-9-28-14)12-17-22-18(23-27-17)13-6-7-15(26-19(20)21)16(10-13)25-2/h3-7,9-10,19H,1,8,11-12H2,2H3. The molecule has 148 valence electrons. The van der Waals surface area contributed by atoms with Crippen molar-refractivity contribution in [2.24, 2.45) is 0 Å². The van der Waals surface area contributed by atoms with Gasteiger partial charge in [0.25, 0.3) is 0 Å². The molecule has 2 aromatic heterocycles. The van der Waals surface area contributed by atoms with Gasteiger partial charge in [0.15, 0.2) is 11.5 Å². The molecule has 6 nitrogen and oxygen atoms in total. The van der Waals surface area contributed by atoms with Gasteiger partial charge < -0.3 is 14.0 Å². The first-order chi connectivity index (χ1) is 13.6. The summed E-state index contributed by atoms with van der Waals surface area (Å²) in [5.74, 6) is 0.889. The number of methoxy groups -OCH3 is 1. The van der Waals surface area contributed by atoms with Gasteiger partial charge in [-0.05, 0) is 29.6 Å². The van der Waals surface area contributed by atoms with Crippen molar-refractivity contribution in [2.45, 2.75) is 19.7 Å². The van der Waals surface area contributed by atoms with Crippen LogP contribution in [-0.2, 0) is 13.1 Å². The predicted octanol–water partition coefficient (Wildman–Crippen LogP) is 4.60. The topological polar surface area (TPSA) is 60.6 Å². The van der Waals surface area contributed by atoms with Crippen molar-refractivity contribution < 1.29 is 22.8 Å². The Bertz CT molecular complexity index is 900. The van der Waals surface area contributed by atoms with Gasteiger partial charge in [0.05, 0.1) is 13.7 Å². The molecule has 1 aromatic carbocycles. The molecule has 0 aliphatic heterocycles. The number of aromatic nitrogens is 2. The van der Waals surface area contributed by atoms with Crippen molar-refractivity contribution in [3.63, 3.8) is 0 Å².